The van der Waals surface area contributed by atoms with E-state index in [1.165, 1.54) is 13.2 Å². The van der Waals surface area contributed by atoms with E-state index in [1.807, 2.05) is 32.0 Å². The van der Waals surface area contributed by atoms with E-state index in [-0.39, 0.29) is 17.0 Å². The fourth-order valence-corrected chi connectivity index (χ4v) is 1.88. The Labute approximate surface area is 122 Å². The van der Waals surface area contributed by atoms with Crippen LogP contribution in [0.1, 0.15) is 21.5 Å². The number of ether oxygens (including phenoxy) is 1. The van der Waals surface area contributed by atoms with Crippen LogP contribution in [0.2, 0.25) is 5.15 Å². The minimum absolute atomic E-state index is 0.111. The maximum Gasteiger partial charge on any atom is 0.258 e. The molecule has 0 saturated carbocycles. The zero-order valence-electron chi connectivity index (χ0n) is 11.4. The number of aromatic nitrogens is 2. The van der Waals surface area contributed by atoms with Crippen molar-refractivity contribution in [3.05, 3.63) is 46.1 Å². The first-order valence-corrected chi connectivity index (χ1v) is 6.34. The first kappa shape index (κ1) is 14.3. The summed E-state index contributed by atoms with van der Waals surface area (Å²) in [5, 5.41) is 2.82. The zero-order chi connectivity index (χ0) is 14.7. The number of rotatable bonds is 3. The summed E-state index contributed by atoms with van der Waals surface area (Å²) in [6.45, 7) is 3.79. The molecule has 1 aromatic carbocycles. The molecule has 0 spiro atoms. The number of methoxy groups -OCH3 is 1. The molecule has 0 aliphatic carbocycles. The van der Waals surface area contributed by atoms with Crippen molar-refractivity contribution >= 4 is 23.5 Å². The average molecular weight is 292 g/mol. The van der Waals surface area contributed by atoms with Gasteiger partial charge in [0.15, 0.2) is 0 Å². The van der Waals surface area contributed by atoms with E-state index in [4.69, 9.17) is 16.3 Å². The quantitative estimate of drug-likeness (QED) is 0.883. The van der Waals surface area contributed by atoms with Gasteiger partial charge in [0, 0.05) is 11.6 Å². The molecule has 1 heterocycles. The van der Waals surface area contributed by atoms with Crippen LogP contribution in [0, 0.1) is 13.8 Å². The van der Waals surface area contributed by atoms with Crippen LogP contribution in [-0.2, 0) is 0 Å². The number of nitrogens with one attached hydrogen (secondary N) is 1. The second kappa shape index (κ2) is 5.88. The van der Waals surface area contributed by atoms with E-state index in [9.17, 15) is 4.79 Å². The van der Waals surface area contributed by atoms with Crippen LogP contribution in [0.15, 0.2) is 24.3 Å². The van der Waals surface area contributed by atoms with Gasteiger partial charge in [0.05, 0.1) is 7.11 Å². The highest BCUT2D eigenvalue weighted by Crippen LogP contribution is 2.17. The lowest BCUT2D eigenvalue weighted by molar-refractivity contribution is 0.102. The van der Waals surface area contributed by atoms with Gasteiger partial charge in [-0.25, -0.2) is 4.98 Å². The molecular weight excluding hydrogens is 278 g/mol. The zero-order valence-corrected chi connectivity index (χ0v) is 12.2. The monoisotopic (exact) mass is 291 g/mol. The molecule has 104 valence electrons. The molecular formula is C14H14ClN3O2. The Morgan fingerprint density at radius 1 is 1.25 bits per heavy atom. The molecule has 0 saturated heterocycles. The van der Waals surface area contributed by atoms with Crippen LogP contribution in [0.3, 0.4) is 0 Å². The highest BCUT2D eigenvalue weighted by molar-refractivity contribution is 6.29. The van der Waals surface area contributed by atoms with Gasteiger partial charge in [0.1, 0.15) is 5.15 Å². The molecule has 5 nitrogen and oxygen atoms in total. The predicted octanol–water partition coefficient (Wildman–Crippen LogP) is 3.01. The molecule has 2 aromatic rings. The molecule has 1 N–H and O–H groups in total. The number of hydrogen-bond acceptors (Lipinski definition) is 4. The van der Waals surface area contributed by atoms with Crippen molar-refractivity contribution in [2.24, 2.45) is 0 Å². The van der Waals surface area contributed by atoms with Crippen molar-refractivity contribution in [2.45, 2.75) is 13.8 Å². The number of hydrogen-bond donors (Lipinski definition) is 1. The first-order valence-electron chi connectivity index (χ1n) is 5.97. The Balaban J connectivity index is 2.27. The fraction of sp³-hybridized carbons (Fsp3) is 0.214. The molecule has 0 fully saturated rings. The molecule has 0 aliphatic rings. The summed E-state index contributed by atoms with van der Waals surface area (Å²) in [4.78, 5) is 20.2. The molecule has 0 bridgehead atoms. The lowest BCUT2D eigenvalue weighted by Gasteiger charge is -2.08. The van der Waals surface area contributed by atoms with Crippen LogP contribution >= 0.6 is 11.6 Å². The Hall–Kier alpha value is -2.14. The van der Waals surface area contributed by atoms with Crippen molar-refractivity contribution in [1.82, 2.24) is 9.97 Å². The summed E-state index contributed by atoms with van der Waals surface area (Å²) in [6, 6.07) is 7.12. The fourth-order valence-electron chi connectivity index (χ4n) is 1.71. The van der Waals surface area contributed by atoms with Gasteiger partial charge in [0.2, 0.25) is 11.8 Å². The summed E-state index contributed by atoms with van der Waals surface area (Å²) in [5.74, 6) is 0.122. The van der Waals surface area contributed by atoms with Gasteiger partial charge in [-0.15, -0.1) is 0 Å². The second-order valence-electron chi connectivity index (χ2n) is 4.33. The topological polar surface area (TPSA) is 64.1 Å². The van der Waals surface area contributed by atoms with Crippen LogP contribution in [-0.4, -0.2) is 23.0 Å². The van der Waals surface area contributed by atoms with E-state index in [0.29, 0.717) is 11.4 Å². The molecule has 0 aliphatic heterocycles. The summed E-state index contributed by atoms with van der Waals surface area (Å²) in [7, 11) is 1.47. The van der Waals surface area contributed by atoms with Crippen molar-refractivity contribution in [3.63, 3.8) is 0 Å². The first-order chi connectivity index (χ1) is 9.49. The predicted molar refractivity (Wildman–Crippen MR) is 77.5 cm³/mol. The van der Waals surface area contributed by atoms with Gasteiger partial charge in [-0.05, 0) is 25.5 Å². The Kier molecular flexibility index (Phi) is 4.20. The second-order valence-corrected chi connectivity index (χ2v) is 4.72. The average Bonchev–Trinajstić information content (AvgIpc) is 2.40. The molecule has 0 unspecified atom stereocenters. The molecule has 20 heavy (non-hydrogen) atoms. The number of carbonyl (C=O) groups excluding carboxylic acids is 1. The van der Waals surface area contributed by atoms with Gasteiger partial charge in [-0.2, -0.15) is 4.98 Å². The molecule has 2 rings (SSSR count). The lowest BCUT2D eigenvalue weighted by Crippen LogP contribution is -2.16. The van der Waals surface area contributed by atoms with Crippen LogP contribution in [0.25, 0.3) is 0 Å². The minimum atomic E-state index is -0.282. The van der Waals surface area contributed by atoms with E-state index in [0.717, 1.165) is 11.1 Å². The summed E-state index contributed by atoms with van der Waals surface area (Å²) in [6.07, 6.45) is 0. The standard InChI is InChI=1S/C14H14ClN3O2/c1-8-4-5-9(2)10(6-8)13(19)18-14-16-11(15)7-12(17-14)20-3/h4-7H,1-3H3,(H,16,17,18,19). The van der Waals surface area contributed by atoms with E-state index < -0.39 is 0 Å². The van der Waals surface area contributed by atoms with Gasteiger partial charge in [-0.3, -0.25) is 10.1 Å². The van der Waals surface area contributed by atoms with Gasteiger partial charge in [-0.1, -0.05) is 29.3 Å². The molecule has 6 heteroatoms. The smallest absolute Gasteiger partial charge is 0.258 e. The maximum atomic E-state index is 12.2. The number of halogens is 1. The molecule has 0 atom stereocenters. The van der Waals surface area contributed by atoms with E-state index in [1.54, 1.807) is 0 Å². The summed E-state index contributed by atoms with van der Waals surface area (Å²) < 4.78 is 4.98. The largest absolute Gasteiger partial charge is 0.481 e. The van der Waals surface area contributed by atoms with E-state index in [2.05, 4.69) is 15.3 Å². The minimum Gasteiger partial charge on any atom is -0.481 e. The summed E-state index contributed by atoms with van der Waals surface area (Å²) in [5.41, 5.74) is 2.46. The highest BCUT2D eigenvalue weighted by Gasteiger charge is 2.12. The third kappa shape index (κ3) is 3.24. The number of benzene rings is 1. The number of carbonyl (C=O) groups is 1. The van der Waals surface area contributed by atoms with Gasteiger partial charge in [0.25, 0.3) is 5.91 Å². The lowest BCUT2D eigenvalue weighted by atomic mass is 10.1. The normalized spacial score (nSPS) is 10.2. The third-order valence-electron chi connectivity index (χ3n) is 2.74. The van der Waals surface area contributed by atoms with Crippen LogP contribution in [0.5, 0.6) is 5.88 Å². The van der Waals surface area contributed by atoms with Gasteiger partial charge >= 0.3 is 0 Å². The summed E-state index contributed by atoms with van der Waals surface area (Å²) >= 11 is 5.83. The third-order valence-corrected chi connectivity index (χ3v) is 2.94. The number of amides is 1. The van der Waals surface area contributed by atoms with Gasteiger partial charge < -0.3 is 4.74 Å². The number of anilines is 1. The van der Waals surface area contributed by atoms with Crippen molar-refractivity contribution < 1.29 is 9.53 Å². The van der Waals surface area contributed by atoms with Crippen molar-refractivity contribution in [1.29, 1.82) is 0 Å². The molecule has 0 radical (unpaired) electrons. The number of aryl methyl sites for hydroxylation is 2. The SMILES string of the molecule is COc1cc(Cl)nc(NC(=O)c2cc(C)ccc2C)n1. The Bertz CT molecular complexity index is 659. The highest BCUT2D eigenvalue weighted by atomic mass is 35.5. The van der Waals surface area contributed by atoms with E-state index >= 15 is 0 Å². The number of nitrogens with zero attached hydrogens (tertiary/aromatic N) is 2. The maximum absolute atomic E-state index is 12.2. The Morgan fingerprint density at radius 3 is 2.70 bits per heavy atom. The Morgan fingerprint density at radius 2 is 2.00 bits per heavy atom. The molecule has 1 aromatic heterocycles. The van der Waals surface area contributed by atoms with Crippen molar-refractivity contribution in [3.8, 4) is 5.88 Å². The van der Waals surface area contributed by atoms with Crippen LogP contribution < -0.4 is 10.1 Å². The molecule has 1 amide bonds. The van der Waals surface area contributed by atoms with Crippen LogP contribution in [0.4, 0.5) is 5.95 Å². The van der Waals surface area contributed by atoms with Crippen molar-refractivity contribution in [2.75, 3.05) is 12.4 Å².